The third-order valence-electron chi connectivity index (χ3n) is 3.91. The average Bonchev–Trinajstić information content (AvgIpc) is 3.07. The fraction of sp³-hybridized carbons (Fsp3) is 0.353. The first-order valence-corrected chi connectivity index (χ1v) is 8.41. The molecule has 1 aliphatic heterocycles. The lowest BCUT2D eigenvalue weighted by atomic mass is 10.2. The lowest BCUT2D eigenvalue weighted by molar-refractivity contribution is -0.129. The minimum absolute atomic E-state index is 0.154. The molecule has 116 valence electrons. The van der Waals surface area contributed by atoms with Gasteiger partial charge in [0.15, 0.2) is 0 Å². The van der Waals surface area contributed by atoms with Crippen molar-refractivity contribution >= 4 is 22.9 Å². The number of piperazine rings is 1. The van der Waals surface area contributed by atoms with Crippen LogP contribution in [0.25, 0.3) is 0 Å². The SMILES string of the molecule is CC(=O)N1CCN(c2ccccc2OCc2ccsc2)CC1. The standard InChI is InChI=1S/C17H20N2O2S/c1-14(20)18-7-9-19(10-8-18)16-4-2-3-5-17(16)21-12-15-6-11-22-13-15/h2-6,11,13H,7-10,12H2,1H3. The molecule has 2 heterocycles. The summed E-state index contributed by atoms with van der Waals surface area (Å²) < 4.78 is 5.99. The summed E-state index contributed by atoms with van der Waals surface area (Å²) in [7, 11) is 0. The van der Waals surface area contributed by atoms with Gasteiger partial charge < -0.3 is 14.5 Å². The molecule has 3 rings (SSSR count). The van der Waals surface area contributed by atoms with E-state index in [4.69, 9.17) is 4.74 Å². The number of hydrogen-bond donors (Lipinski definition) is 0. The number of benzene rings is 1. The van der Waals surface area contributed by atoms with Crippen LogP contribution in [-0.2, 0) is 11.4 Å². The summed E-state index contributed by atoms with van der Waals surface area (Å²) in [5.41, 5.74) is 2.31. The first-order valence-electron chi connectivity index (χ1n) is 7.47. The highest BCUT2D eigenvalue weighted by Crippen LogP contribution is 2.29. The van der Waals surface area contributed by atoms with Crippen LogP contribution in [0.3, 0.4) is 0 Å². The van der Waals surface area contributed by atoms with Crippen molar-refractivity contribution in [1.29, 1.82) is 0 Å². The summed E-state index contributed by atoms with van der Waals surface area (Å²) in [6.45, 7) is 5.46. The number of rotatable bonds is 4. The number of ether oxygens (including phenoxy) is 1. The maximum absolute atomic E-state index is 11.4. The number of carbonyl (C=O) groups excluding carboxylic acids is 1. The summed E-state index contributed by atoms with van der Waals surface area (Å²) in [6, 6.07) is 10.2. The molecule has 0 saturated carbocycles. The van der Waals surface area contributed by atoms with E-state index in [9.17, 15) is 4.79 Å². The van der Waals surface area contributed by atoms with Gasteiger partial charge in [-0.3, -0.25) is 4.79 Å². The van der Waals surface area contributed by atoms with Crippen molar-refractivity contribution < 1.29 is 9.53 Å². The van der Waals surface area contributed by atoms with Gasteiger partial charge in [0.25, 0.3) is 0 Å². The van der Waals surface area contributed by atoms with E-state index in [0.29, 0.717) is 6.61 Å². The topological polar surface area (TPSA) is 32.8 Å². The number of anilines is 1. The molecule has 0 unspecified atom stereocenters. The van der Waals surface area contributed by atoms with E-state index in [0.717, 1.165) is 37.6 Å². The molecule has 1 fully saturated rings. The molecular weight excluding hydrogens is 296 g/mol. The van der Waals surface area contributed by atoms with Gasteiger partial charge in [0.2, 0.25) is 5.91 Å². The van der Waals surface area contributed by atoms with Crippen molar-refractivity contribution in [3.63, 3.8) is 0 Å². The van der Waals surface area contributed by atoms with Crippen LogP contribution in [-0.4, -0.2) is 37.0 Å². The first-order chi connectivity index (χ1) is 10.7. The van der Waals surface area contributed by atoms with Gasteiger partial charge in [-0.25, -0.2) is 0 Å². The second-order valence-electron chi connectivity index (χ2n) is 5.38. The Morgan fingerprint density at radius 2 is 1.95 bits per heavy atom. The zero-order valence-electron chi connectivity index (χ0n) is 12.7. The maximum atomic E-state index is 11.4. The van der Waals surface area contributed by atoms with E-state index < -0.39 is 0 Å². The normalized spacial score (nSPS) is 15.0. The molecule has 0 bridgehead atoms. The van der Waals surface area contributed by atoms with E-state index in [1.807, 2.05) is 23.1 Å². The molecule has 0 N–H and O–H groups in total. The maximum Gasteiger partial charge on any atom is 0.219 e. The van der Waals surface area contributed by atoms with E-state index in [2.05, 4.69) is 27.8 Å². The molecular formula is C17H20N2O2S. The molecule has 4 nitrogen and oxygen atoms in total. The molecule has 5 heteroatoms. The molecule has 1 amide bonds. The third kappa shape index (κ3) is 3.42. The molecule has 0 atom stereocenters. The second kappa shape index (κ2) is 6.83. The molecule has 22 heavy (non-hydrogen) atoms. The van der Waals surface area contributed by atoms with Crippen LogP contribution in [0.15, 0.2) is 41.1 Å². The fourth-order valence-electron chi connectivity index (χ4n) is 2.64. The number of amides is 1. The summed E-state index contributed by atoms with van der Waals surface area (Å²) in [4.78, 5) is 15.6. The minimum atomic E-state index is 0.154. The smallest absolute Gasteiger partial charge is 0.219 e. The van der Waals surface area contributed by atoms with Crippen molar-refractivity contribution in [3.8, 4) is 5.75 Å². The number of para-hydroxylation sites is 2. The van der Waals surface area contributed by atoms with Crippen LogP contribution in [0.1, 0.15) is 12.5 Å². The van der Waals surface area contributed by atoms with Crippen molar-refractivity contribution in [3.05, 3.63) is 46.7 Å². The minimum Gasteiger partial charge on any atom is -0.487 e. The number of hydrogen-bond acceptors (Lipinski definition) is 4. The second-order valence-corrected chi connectivity index (χ2v) is 6.16. The third-order valence-corrected chi connectivity index (χ3v) is 4.64. The van der Waals surface area contributed by atoms with Crippen LogP contribution < -0.4 is 9.64 Å². The highest BCUT2D eigenvalue weighted by Gasteiger charge is 2.20. The lowest BCUT2D eigenvalue weighted by Crippen LogP contribution is -2.48. The van der Waals surface area contributed by atoms with Gasteiger partial charge in [0.1, 0.15) is 12.4 Å². The van der Waals surface area contributed by atoms with E-state index in [1.165, 1.54) is 5.56 Å². The quantitative estimate of drug-likeness (QED) is 0.869. The molecule has 1 aromatic carbocycles. The van der Waals surface area contributed by atoms with Crippen molar-refractivity contribution in [2.75, 3.05) is 31.1 Å². The lowest BCUT2D eigenvalue weighted by Gasteiger charge is -2.36. The highest BCUT2D eigenvalue weighted by molar-refractivity contribution is 7.07. The Hall–Kier alpha value is -2.01. The predicted octanol–water partition coefficient (Wildman–Crippen LogP) is 3.00. The summed E-state index contributed by atoms with van der Waals surface area (Å²) in [5, 5.41) is 4.17. The van der Waals surface area contributed by atoms with Gasteiger partial charge in [0, 0.05) is 33.1 Å². The van der Waals surface area contributed by atoms with Crippen molar-refractivity contribution in [2.24, 2.45) is 0 Å². The Labute approximate surface area is 134 Å². The Balaban J connectivity index is 1.67. The Morgan fingerprint density at radius 1 is 1.18 bits per heavy atom. The Morgan fingerprint density at radius 3 is 2.64 bits per heavy atom. The molecule has 0 aliphatic carbocycles. The summed E-state index contributed by atoms with van der Waals surface area (Å²) >= 11 is 1.68. The highest BCUT2D eigenvalue weighted by atomic mass is 32.1. The van der Waals surface area contributed by atoms with Crippen LogP contribution in [0.2, 0.25) is 0 Å². The van der Waals surface area contributed by atoms with Crippen molar-refractivity contribution in [1.82, 2.24) is 4.90 Å². The monoisotopic (exact) mass is 316 g/mol. The van der Waals surface area contributed by atoms with Crippen LogP contribution in [0, 0.1) is 0 Å². The van der Waals surface area contributed by atoms with Gasteiger partial charge >= 0.3 is 0 Å². The van der Waals surface area contributed by atoms with Crippen LogP contribution in [0.4, 0.5) is 5.69 Å². The van der Waals surface area contributed by atoms with Gasteiger partial charge in [-0.1, -0.05) is 12.1 Å². The molecule has 1 aromatic heterocycles. The number of nitrogens with zero attached hydrogens (tertiary/aromatic N) is 2. The van der Waals surface area contributed by atoms with Crippen LogP contribution >= 0.6 is 11.3 Å². The molecule has 1 saturated heterocycles. The summed E-state index contributed by atoms with van der Waals surface area (Å²) in [5.74, 6) is 1.06. The van der Waals surface area contributed by atoms with Gasteiger partial charge in [-0.2, -0.15) is 11.3 Å². The molecule has 0 radical (unpaired) electrons. The first kappa shape index (κ1) is 14.9. The predicted molar refractivity (Wildman–Crippen MR) is 89.6 cm³/mol. The van der Waals surface area contributed by atoms with E-state index in [-0.39, 0.29) is 5.91 Å². The molecule has 2 aromatic rings. The Kier molecular flexibility index (Phi) is 4.63. The average molecular weight is 316 g/mol. The largest absolute Gasteiger partial charge is 0.487 e. The number of thiophene rings is 1. The zero-order chi connectivity index (χ0) is 15.4. The van der Waals surface area contributed by atoms with E-state index >= 15 is 0 Å². The Bertz CT molecular complexity index is 619. The molecule has 0 spiro atoms. The van der Waals surface area contributed by atoms with Crippen molar-refractivity contribution in [2.45, 2.75) is 13.5 Å². The van der Waals surface area contributed by atoms with Gasteiger partial charge in [-0.15, -0.1) is 0 Å². The van der Waals surface area contributed by atoms with Gasteiger partial charge in [-0.05, 0) is 34.5 Å². The van der Waals surface area contributed by atoms with E-state index in [1.54, 1.807) is 18.3 Å². The number of carbonyl (C=O) groups is 1. The van der Waals surface area contributed by atoms with Gasteiger partial charge in [0.05, 0.1) is 5.69 Å². The zero-order valence-corrected chi connectivity index (χ0v) is 13.5. The molecule has 1 aliphatic rings. The fourth-order valence-corrected chi connectivity index (χ4v) is 3.29. The van der Waals surface area contributed by atoms with Crippen LogP contribution in [0.5, 0.6) is 5.75 Å². The summed E-state index contributed by atoms with van der Waals surface area (Å²) in [6.07, 6.45) is 0.